The number of rotatable bonds is 5. The average molecular weight is 466 g/mol. The van der Waals surface area contributed by atoms with E-state index in [1.54, 1.807) is 12.1 Å². The molecule has 2 N–H and O–H groups in total. The van der Waals surface area contributed by atoms with Crippen molar-refractivity contribution in [3.8, 4) is 6.07 Å². The van der Waals surface area contributed by atoms with Crippen LogP contribution < -0.4 is 5.32 Å². The normalized spacial score (nSPS) is 41.0. The molecule has 0 radical (unpaired) electrons. The van der Waals surface area contributed by atoms with Crippen LogP contribution in [0.4, 0.5) is 5.82 Å². The number of nitriles is 1. The van der Waals surface area contributed by atoms with Crippen LogP contribution in [0.5, 0.6) is 0 Å². The Morgan fingerprint density at radius 2 is 2.00 bits per heavy atom. The lowest BCUT2D eigenvalue weighted by atomic mass is 9.49. The number of hydrogen-bond acceptors (Lipinski definition) is 5. The highest BCUT2D eigenvalue weighted by Crippen LogP contribution is 2.64. The van der Waals surface area contributed by atoms with Crippen LogP contribution in [-0.4, -0.2) is 34.8 Å². The zero-order valence-electron chi connectivity index (χ0n) is 20.6. The zero-order valence-corrected chi connectivity index (χ0v) is 20.6. The molecule has 1 aromatic heterocycles. The zero-order chi connectivity index (χ0) is 23.9. The fourth-order valence-electron chi connectivity index (χ4n) is 8.56. The summed E-state index contributed by atoms with van der Waals surface area (Å²) in [5.74, 6) is 4.06. The summed E-state index contributed by atoms with van der Waals surface area (Å²) >= 11 is 0. The van der Waals surface area contributed by atoms with Gasteiger partial charge in [-0.15, -0.1) is 0 Å². The number of ether oxygens (including phenoxy) is 1. The molecule has 4 aliphatic rings. The van der Waals surface area contributed by atoms with E-state index in [-0.39, 0.29) is 17.2 Å². The topological polar surface area (TPSA) is 95.2 Å². The first-order valence-electron chi connectivity index (χ1n) is 13.3. The molecule has 4 saturated carbocycles. The Balaban J connectivity index is 1.25. The Kier molecular flexibility index (Phi) is 6.46. The molecule has 184 valence electrons. The summed E-state index contributed by atoms with van der Waals surface area (Å²) in [6.45, 7) is 5.50. The minimum Gasteiger partial charge on any atom is -0.387 e. The first kappa shape index (κ1) is 23.8. The van der Waals surface area contributed by atoms with Gasteiger partial charge < -0.3 is 15.2 Å². The van der Waals surface area contributed by atoms with E-state index in [1.807, 2.05) is 6.92 Å². The second-order valence-electron chi connectivity index (χ2n) is 11.7. The Morgan fingerprint density at radius 1 is 1.18 bits per heavy atom. The van der Waals surface area contributed by atoms with E-state index in [0.717, 1.165) is 50.4 Å². The number of anilines is 1. The Hall–Kier alpha value is -1.97. The summed E-state index contributed by atoms with van der Waals surface area (Å²) in [5, 5.41) is 23.1. The van der Waals surface area contributed by atoms with Gasteiger partial charge in [0.15, 0.2) is 0 Å². The van der Waals surface area contributed by atoms with Gasteiger partial charge in [0.05, 0.1) is 17.8 Å². The van der Waals surface area contributed by atoms with Gasteiger partial charge in [-0.25, -0.2) is 4.98 Å². The molecule has 0 aromatic carbocycles. The average Bonchev–Trinajstić information content (AvgIpc) is 3.20. The lowest BCUT2D eigenvalue weighted by Gasteiger charge is -2.57. The second kappa shape index (κ2) is 9.24. The molecule has 8 atom stereocenters. The molecule has 0 saturated heterocycles. The summed E-state index contributed by atoms with van der Waals surface area (Å²) in [7, 11) is 0. The molecular formula is C28H39N3O3. The van der Waals surface area contributed by atoms with E-state index in [2.05, 4.69) is 23.3 Å². The molecule has 4 aliphatic carbocycles. The largest absolute Gasteiger partial charge is 0.387 e. The minimum atomic E-state index is -0.636. The van der Waals surface area contributed by atoms with Crippen molar-refractivity contribution in [2.45, 2.75) is 77.2 Å². The molecule has 1 aromatic rings. The second-order valence-corrected chi connectivity index (χ2v) is 11.7. The van der Waals surface area contributed by atoms with Gasteiger partial charge in [0.1, 0.15) is 11.9 Å². The van der Waals surface area contributed by atoms with Gasteiger partial charge in [0, 0.05) is 18.7 Å². The highest BCUT2D eigenvalue weighted by atomic mass is 16.5. The first-order chi connectivity index (χ1) is 16.4. The Morgan fingerprint density at radius 3 is 2.74 bits per heavy atom. The molecule has 0 unspecified atom stereocenters. The lowest BCUT2D eigenvalue weighted by Crippen LogP contribution is -2.52. The third kappa shape index (κ3) is 4.16. The van der Waals surface area contributed by atoms with Gasteiger partial charge in [0.25, 0.3) is 0 Å². The number of fused-ring (bicyclic) bond motifs is 5. The van der Waals surface area contributed by atoms with Crippen molar-refractivity contribution in [1.29, 1.82) is 5.26 Å². The van der Waals surface area contributed by atoms with Crippen LogP contribution in [0, 0.1) is 52.3 Å². The van der Waals surface area contributed by atoms with Gasteiger partial charge in [-0.1, -0.05) is 6.92 Å². The van der Waals surface area contributed by atoms with Crippen LogP contribution >= 0.6 is 0 Å². The van der Waals surface area contributed by atoms with Gasteiger partial charge in [-0.3, -0.25) is 4.79 Å². The number of aromatic nitrogens is 1. The summed E-state index contributed by atoms with van der Waals surface area (Å²) in [4.78, 5) is 17.6. The number of aliphatic hydroxyl groups is 1. The molecule has 6 nitrogen and oxygen atoms in total. The molecule has 4 fully saturated rings. The van der Waals surface area contributed by atoms with Crippen molar-refractivity contribution in [2.75, 3.05) is 18.5 Å². The molecule has 34 heavy (non-hydrogen) atoms. The number of nitrogens with zero attached hydrogens (tertiary/aromatic N) is 2. The summed E-state index contributed by atoms with van der Waals surface area (Å²) in [6.07, 6.45) is 11.3. The molecule has 6 heteroatoms. The third-order valence-electron chi connectivity index (χ3n) is 10.1. The lowest BCUT2D eigenvalue weighted by molar-refractivity contribution is -0.135. The standard InChI is InChI=1S/C28H39N3O3/c1-3-34-17-28(33)13-11-20-19(14-28)5-6-22-21(20)10-12-27(2)23(22)7-8-24(27)26(32)31-25-9-4-18(15-29)16-30-25/h4,9,16,19-24,33H,3,5-8,10-14,17H2,1-2H3,(H,30,31,32)/t19-,20+,21-,22-,23+,24-,27+,28-/m1/s1. The van der Waals surface area contributed by atoms with Crippen molar-refractivity contribution in [3.63, 3.8) is 0 Å². The predicted octanol–water partition coefficient (Wildman–Crippen LogP) is 4.93. The quantitative estimate of drug-likeness (QED) is 0.643. The third-order valence-corrected chi connectivity index (χ3v) is 10.1. The Labute approximate surface area is 203 Å². The maximum atomic E-state index is 13.3. The van der Waals surface area contributed by atoms with Crippen LogP contribution in [0.2, 0.25) is 0 Å². The number of amides is 1. The first-order valence-corrected chi connectivity index (χ1v) is 13.3. The van der Waals surface area contributed by atoms with Gasteiger partial charge >= 0.3 is 0 Å². The van der Waals surface area contributed by atoms with Crippen LogP contribution in [-0.2, 0) is 9.53 Å². The van der Waals surface area contributed by atoms with Crippen LogP contribution in [0.1, 0.15) is 77.2 Å². The van der Waals surface area contributed by atoms with E-state index in [0.29, 0.717) is 42.3 Å². The number of carbonyl (C=O) groups is 1. The summed E-state index contributed by atoms with van der Waals surface area (Å²) in [6, 6.07) is 5.49. The highest BCUT2D eigenvalue weighted by Gasteiger charge is 2.59. The maximum absolute atomic E-state index is 13.3. The summed E-state index contributed by atoms with van der Waals surface area (Å²) in [5.41, 5.74) is -0.0861. The fraction of sp³-hybridized carbons (Fsp3) is 0.750. The van der Waals surface area contributed by atoms with E-state index < -0.39 is 5.60 Å². The molecule has 1 heterocycles. The SMILES string of the molecule is CCOC[C@@]1(O)CC[C@H]2[C@H](CC[C@@H]3[C@@H]2CC[C@]2(C)[C@@H](C(=O)Nc4ccc(C#N)cn4)CC[C@@H]32)C1. The van der Waals surface area contributed by atoms with Crippen LogP contribution in [0.3, 0.4) is 0 Å². The molecule has 0 aliphatic heterocycles. The van der Waals surface area contributed by atoms with Gasteiger partial charge in [0.2, 0.25) is 5.91 Å². The van der Waals surface area contributed by atoms with Crippen LogP contribution in [0.15, 0.2) is 18.3 Å². The van der Waals surface area contributed by atoms with E-state index in [4.69, 9.17) is 10.00 Å². The molecule has 0 spiro atoms. The van der Waals surface area contributed by atoms with E-state index in [1.165, 1.54) is 25.5 Å². The maximum Gasteiger partial charge on any atom is 0.229 e. The monoisotopic (exact) mass is 465 g/mol. The van der Waals surface area contributed by atoms with Gasteiger partial charge in [-0.2, -0.15) is 5.26 Å². The number of hydrogen-bond donors (Lipinski definition) is 2. The predicted molar refractivity (Wildman–Crippen MR) is 130 cm³/mol. The Bertz CT molecular complexity index is 943. The van der Waals surface area contributed by atoms with Crippen molar-refractivity contribution in [2.24, 2.45) is 40.9 Å². The molecule has 5 rings (SSSR count). The van der Waals surface area contributed by atoms with Crippen molar-refractivity contribution in [3.05, 3.63) is 23.9 Å². The fourth-order valence-corrected chi connectivity index (χ4v) is 8.56. The molecular weight excluding hydrogens is 426 g/mol. The van der Waals surface area contributed by atoms with Crippen molar-refractivity contribution >= 4 is 11.7 Å². The van der Waals surface area contributed by atoms with Crippen LogP contribution in [0.25, 0.3) is 0 Å². The minimum absolute atomic E-state index is 0.0243. The van der Waals surface area contributed by atoms with Gasteiger partial charge in [-0.05, 0) is 112 Å². The van der Waals surface area contributed by atoms with Crippen molar-refractivity contribution < 1.29 is 14.6 Å². The van der Waals surface area contributed by atoms with Crippen molar-refractivity contribution in [1.82, 2.24) is 4.98 Å². The molecule has 1 amide bonds. The van der Waals surface area contributed by atoms with E-state index >= 15 is 0 Å². The highest BCUT2D eigenvalue weighted by molar-refractivity contribution is 5.92. The summed E-state index contributed by atoms with van der Waals surface area (Å²) < 4.78 is 5.61. The number of carbonyl (C=O) groups excluding carboxylic acids is 1. The number of nitrogens with one attached hydrogen (secondary N) is 1. The smallest absolute Gasteiger partial charge is 0.229 e. The van der Waals surface area contributed by atoms with E-state index in [9.17, 15) is 9.90 Å². The molecule has 0 bridgehead atoms. The number of pyridine rings is 1.